The molecular weight excluding hydrogens is 330 g/mol. The van der Waals surface area contributed by atoms with Crippen LogP contribution in [0.15, 0.2) is 54.9 Å². The number of nitrogens with one attached hydrogen (secondary N) is 2. The van der Waals surface area contributed by atoms with E-state index in [4.69, 9.17) is 4.74 Å². The summed E-state index contributed by atoms with van der Waals surface area (Å²) in [6, 6.07) is 13.1. The van der Waals surface area contributed by atoms with Gasteiger partial charge in [-0.15, -0.1) is 0 Å². The number of rotatable bonds is 7. The number of anilines is 3. The molecule has 0 aliphatic carbocycles. The van der Waals surface area contributed by atoms with Crippen molar-refractivity contribution in [2.45, 2.75) is 13.0 Å². The van der Waals surface area contributed by atoms with Crippen molar-refractivity contribution >= 4 is 17.5 Å². The maximum atomic E-state index is 9.29. The Bertz CT molecular complexity index is 858. The summed E-state index contributed by atoms with van der Waals surface area (Å²) in [5.41, 5.74) is 2.53. The number of aromatic nitrogens is 3. The van der Waals surface area contributed by atoms with Crippen LogP contribution in [0.2, 0.25) is 0 Å². The first-order valence-corrected chi connectivity index (χ1v) is 8.26. The maximum Gasteiger partial charge on any atom is 0.225 e. The van der Waals surface area contributed by atoms with E-state index >= 15 is 0 Å². The van der Waals surface area contributed by atoms with E-state index in [-0.39, 0.29) is 12.6 Å². The van der Waals surface area contributed by atoms with Crippen LogP contribution in [0, 0.1) is 0 Å². The average Bonchev–Trinajstić information content (AvgIpc) is 2.68. The van der Waals surface area contributed by atoms with Gasteiger partial charge in [-0.05, 0) is 31.2 Å². The Morgan fingerprint density at radius 1 is 1.12 bits per heavy atom. The number of pyridine rings is 1. The minimum absolute atomic E-state index is 0.0124. The summed E-state index contributed by atoms with van der Waals surface area (Å²) >= 11 is 0. The SMILES string of the molecule is COc1cccc(Nc2cc(-c3ccncc3)nc(N[C@@H](C)CO)n2)c1. The highest BCUT2D eigenvalue weighted by molar-refractivity contribution is 5.67. The monoisotopic (exact) mass is 351 g/mol. The van der Waals surface area contributed by atoms with Gasteiger partial charge in [-0.3, -0.25) is 4.98 Å². The van der Waals surface area contributed by atoms with Crippen molar-refractivity contribution in [1.29, 1.82) is 0 Å². The molecule has 0 saturated carbocycles. The molecule has 7 heteroatoms. The number of hydrogen-bond donors (Lipinski definition) is 3. The van der Waals surface area contributed by atoms with E-state index in [0.29, 0.717) is 11.8 Å². The molecule has 2 aromatic heterocycles. The molecule has 0 aliphatic rings. The third-order valence-corrected chi connectivity index (χ3v) is 3.69. The maximum absolute atomic E-state index is 9.29. The number of benzene rings is 1. The lowest BCUT2D eigenvalue weighted by Gasteiger charge is -2.14. The molecule has 134 valence electrons. The van der Waals surface area contributed by atoms with Gasteiger partial charge in [-0.1, -0.05) is 6.07 Å². The summed E-state index contributed by atoms with van der Waals surface area (Å²) < 4.78 is 5.26. The van der Waals surface area contributed by atoms with Crippen molar-refractivity contribution < 1.29 is 9.84 Å². The predicted octanol–water partition coefficient (Wildman–Crippen LogP) is 3.08. The summed E-state index contributed by atoms with van der Waals surface area (Å²) in [7, 11) is 1.63. The van der Waals surface area contributed by atoms with E-state index in [9.17, 15) is 5.11 Å². The lowest BCUT2D eigenvalue weighted by Crippen LogP contribution is -2.21. The van der Waals surface area contributed by atoms with E-state index in [1.807, 2.05) is 49.4 Å². The predicted molar refractivity (Wildman–Crippen MR) is 102 cm³/mol. The molecule has 2 heterocycles. The second-order valence-electron chi connectivity index (χ2n) is 5.78. The lowest BCUT2D eigenvalue weighted by molar-refractivity contribution is 0.281. The van der Waals surface area contributed by atoms with Crippen LogP contribution >= 0.6 is 0 Å². The molecular formula is C19H21N5O2. The molecule has 7 nitrogen and oxygen atoms in total. The minimum Gasteiger partial charge on any atom is -0.497 e. The average molecular weight is 351 g/mol. The van der Waals surface area contributed by atoms with Gasteiger partial charge in [-0.25, -0.2) is 4.98 Å². The molecule has 26 heavy (non-hydrogen) atoms. The summed E-state index contributed by atoms with van der Waals surface area (Å²) in [5, 5.41) is 15.7. The summed E-state index contributed by atoms with van der Waals surface area (Å²) in [4.78, 5) is 13.1. The van der Waals surface area contributed by atoms with Gasteiger partial charge in [0.2, 0.25) is 5.95 Å². The van der Waals surface area contributed by atoms with Gasteiger partial charge >= 0.3 is 0 Å². The van der Waals surface area contributed by atoms with Gasteiger partial charge in [0.05, 0.1) is 19.4 Å². The number of aliphatic hydroxyl groups excluding tert-OH is 1. The highest BCUT2D eigenvalue weighted by atomic mass is 16.5. The third-order valence-electron chi connectivity index (χ3n) is 3.69. The van der Waals surface area contributed by atoms with E-state index in [1.165, 1.54) is 0 Å². The molecule has 1 atom stereocenters. The zero-order chi connectivity index (χ0) is 18.4. The summed E-state index contributed by atoms with van der Waals surface area (Å²) in [6.45, 7) is 1.85. The highest BCUT2D eigenvalue weighted by Gasteiger charge is 2.09. The van der Waals surface area contributed by atoms with Gasteiger partial charge in [-0.2, -0.15) is 4.98 Å². The van der Waals surface area contributed by atoms with Crippen molar-refractivity contribution in [1.82, 2.24) is 15.0 Å². The zero-order valence-electron chi connectivity index (χ0n) is 14.7. The molecule has 3 rings (SSSR count). The topological polar surface area (TPSA) is 92.2 Å². The zero-order valence-corrected chi connectivity index (χ0v) is 14.7. The van der Waals surface area contributed by atoms with Crippen molar-refractivity contribution in [3.05, 3.63) is 54.9 Å². The number of hydrogen-bond acceptors (Lipinski definition) is 7. The Balaban J connectivity index is 1.96. The van der Waals surface area contributed by atoms with Gasteiger partial charge in [0.15, 0.2) is 0 Å². The Morgan fingerprint density at radius 3 is 2.65 bits per heavy atom. The largest absolute Gasteiger partial charge is 0.497 e. The van der Waals surface area contributed by atoms with Crippen LogP contribution in [-0.4, -0.2) is 39.8 Å². The molecule has 1 aromatic carbocycles. The molecule has 3 N–H and O–H groups in total. The lowest BCUT2D eigenvalue weighted by atomic mass is 10.2. The first kappa shape index (κ1) is 17.6. The van der Waals surface area contributed by atoms with Gasteiger partial charge in [0.1, 0.15) is 11.6 Å². The van der Waals surface area contributed by atoms with E-state index in [2.05, 4.69) is 25.6 Å². The van der Waals surface area contributed by atoms with Crippen molar-refractivity contribution in [3.8, 4) is 17.0 Å². The van der Waals surface area contributed by atoms with E-state index < -0.39 is 0 Å². The molecule has 0 spiro atoms. The van der Waals surface area contributed by atoms with Crippen molar-refractivity contribution in [3.63, 3.8) is 0 Å². The molecule has 0 amide bonds. The third kappa shape index (κ3) is 4.46. The molecule has 0 saturated heterocycles. The van der Waals surface area contributed by atoms with Crippen LogP contribution in [0.1, 0.15) is 6.92 Å². The molecule has 0 fully saturated rings. The van der Waals surface area contributed by atoms with Crippen molar-refractivity contribution in [2.75, 3.05) is 24.4 Å². The number of methoxy groups -OCH3 is 1. The van der Waals surface area contributed by atoms with Gasteiger partial charge in [0, 0.05) is 41.8 Å². The Kier molecular flexibility index (Phi) is 5.60. The van der Waals surface area contributed by atoms with Crippen LogP contribution in [0.4, 0.5) is 17.5 Å². The van der Waals surface area contributed by atoms with Gasteiger partial charge < -0.3 is 20.5 Å². The normalized spacial score (nSPS) is 11.7. The van der Waals surface area contributed by atoms with Crippen LogP contribution in [0.5, 0.6) is 5.75 Å². The van der Waals surface area contributed by atoms with Crippen LogP contribution < -0.4 is 15.4 Å². The molecule has 0 aliphatic heterocycles. The summed E-state index contributed by atoms with van der Waals surface area (Å²) in [6.07, 6.45) is 3.44. The smallest absolute Gasteiger partial charge is 0.225 e. The second kappa shape index (κ2) is 8.26. The van der Waals surface area contributed by atoms with Crippen molar-refractivity contribution in [2.24, 2.45) is 0 Å². The minimum atomic E-state index is -0.160. The quantitative estimate of drug-likeness (QED) is 0.602. The molecule has 0 bridgehead atoms. The second-order valence-corrected chi connectivity index (χ2v) is 5.78. The fourth-order valence-corrected chi connectivity index (χ4v) is 2.36. The Morgan fingerprint density at radius 2 is 1.92 bits per heavy atom. The first-order chi connectivity index (χ1) is 12.7. The fraction of sp³-hybridized carbons (Fsp3) is 0.211. The standard InChI is InChI=1S/C19H21N5O2/c1-13(12-25)21-19-23-17(14-6-8-20-9-7-14)11-18(24-19)22-15-4-3-5-16(10-15)26-2/h3-11,13,25H,12H2,1-2H3,(H2,21,22,23,24)/t13-/m0/s1. The van der Waals surface area contributed by atoms with Crippen LogP contribution in [-0.2, 0) is 0 Å². The molecule has 3 aromatic rings. The first-order valence-electron chi connectivity index (χ1n) is 8.26. The Hall–Kier alpha value is -3.19. The fourth-order valence-electron chi connectivity index (χ4n) is 2.36. The summed E-state index contributed by atoms with van der Waals surface area (Å²) in [5.74, 6) is 1.82. The van der Waals surface area contributed by atoms with E-state index in [0.717, 1.165) is 22.7 Å². The molecule has 0 unspecified atom stereocenters. The highest BCUT2D eigenvalue weighted by Crippen LogP contribution is 2.25. The molecule has 0 radical (unpaired) electrons. The van der Waals surface area contributed by atoms with Gasteiger partial charge in [0.25, 0.3) is 0 Å². The van der Waals surface area contributed by atoms with Crippen LogP contribution in [0.3, 0.4) is 0 Å². The van der Waals surface area contributed by atoms with E-state index in [1.54, 1.807) is 19.5 Å². The van der Waals surface area contributed by atoms with Crippen LogP contribution in [0.25, 0.3) is 11.3 Å². The number of nitrogens with zero attached hydrogens (tertiary/aromatic N) is 3. The number of ether oxygens (including phenoxy) is 1. The Labute approximate surface area is 152 Å². The number of aliphatic hydroxyl groups is 1.